The van der Waals surface area contributed by atoms with Crippen molar-refractivity contribution >= 4 is 50.9 Å². The van der Waals surface area contributed by atoms with E-state index in [1.807, 2.05) is 6.92 Å². The number of rotatable bonds is 10. The average Bonchev–Trinajstić information content (AvgIpc) is 3.76. The van der Waals surface area contributed by atoms with Crippen molar-refractivity contribution in [3.63, 3.8) is 0 Å². The van der Waals surface area contributed by atoms with Crippen LogP contribution < -0.4 is 10.6 Å². The largest absolute Gasteiger partial charge is 0.417 e. The molecule has 2 aliphatic rings. The summed E-state index contributed by atoms with van der Waals surface area (Å²) < 4.78 is 137. The highest BCUT2D eigenvalue weighted by Crippen LogP contribution is 2.47. The molecule has 0 spiro atoms. The number of aliphatic hydroxyl groups is 2. The minimum absolute atomic E-state index is 0.318. The monoisotopic (exact) mass is 1070 g/mol. The van der Waals surface area contributed by atoms with E-state index in [1.54, 1.807) is 65.6 Å². The molecule has 3 heterocycles. The van der Waals surface area contributed by atoms with E-state index in [2.05, 4.69) is 41.6 Å². The van der Waals surface area contributed by atoms with Gasteiger partial charge in [0, 0.05) is 60.9 Å². The van der Waals surface area contributed by atoms with Gasteiger partial charge in [-0.3, -0.25) is 14.3 Å². The summed E-state index contributed by atoms with van der Waals surface area (Å²) in [4.78, 5) is 33.3. The topological polar surface area (TPSA) is 142 Å². The van der Waals surface area contributed by atoms with Crippen LogP contribution in [0.5, 0.6) is 0 Å². The van der Waals surface area contributed by atoms with Gasteiger partial charge in [0.25, 0.3) is 11.8 Å². The fourth-order valence-electron chi connectivity index (χ4n) is 8.04. The number of pyridine rings is 2. The van der Waals surface area contributed by atoms with E-state index in [4.69, 9.17) is 23.2 Å². The number of alkyl halides is 10. The molecule has 68 heavy (non-hydrogen) atoms. The van der Waals surface area contributed by atoms with Crippen LogP contribution in [0.2, 0.25) is 10.0 Å². The summed E-state index contributed by atoms with van der Waals surface area (Å²) in [5.74, 6) is -8.05. The third kappa shape index (κ3) is 12.3. The van der Waals surface area contributed by atoms with Gasteiger partial charge in [-0.1, -0.05) is 69.5 Å². The molecule has 2 aliphatic carbocycles. The van der Waals surface area contributed by atoms with Gasteiger partial charge in [0.1, 0.15) is 11.4 Å². The van der Waals surface area contributed by atoms with Crippen LogP contribution in [0.4, 0.5) is 43.9 Å². The second-order valence-corrected chi connectivity index (χ2v) is 18.2. The lowest BCUT2D eigenvalue weighted by Gasteiger charge is -2.42. The van der Waals surface area contributed by atoms with Crippen LogP contribution >= 0.6 is 39.1 Å². The maximum absolute atomic E-state index is 13.9. The third-order valence-electron chi connectivity index (χ3n) is 11.8. The van der Waals surface area contributed by atoms with Crippen LogP contribution in [0, 0.1) is 0 Å². The Morgan fingerprint density at radius 2 is 1.12 bits per heavy atom. The first-order valence-electron chi connectivity index (χ1n) is 20.8. The second-order valence-electron chi connectivity index (χ2n) is 16.5. The highest BCUT2D eigenvalue weighted by molar-refractivity contribution is 9.10. The van der Waals surface area contributed by atoms with Crippen LogP contribution in [-0.2, 0) is 18.9 Å². The summed E-state index contributed by atoms with van der Waals surface area (Å²) in [5.41, 5.74) is -5.17. The molecule has 366 valence electrons. The number of benzene rings is 2. The van der Waals surface area contributed by atoms with Gasteiger partial charge >= 0.3 is 12.4 Å². The molecule has 0 bridgehead atoms. The van der Waals surface area contributed by atoms with Crippen molar-refractivity contribution in [1.29, 1.82) is 0 Å². The Morgan fingerprint density at radius 3 is 1.51 bits per heavy atom. The molecule has 2 unspecified atom stereocenters. The highest BCUT2D eigenvalue weighted by Gasteiger charge is 2.50. The van der Waals surface area contributed by atoms with Crippen molar-refractivity contribution in [2.75, 3.05) is 0 Å². The molecule has 4 N–H and O–H groups in total. The van der Waals surface area contributed by atoms with Crippen molar-refractivity contribution < 1.29 is 63.7 Å². The Hall–Kier alpha value is -4.83. The van der Waals surface area contributed by atoms with Gasteiger partial charge in [0.05, 0.1) is 50.7 Å². The Bertz CT molecular complexity index is 2610. The summed E-state index contributed by atoms with van der Waals surface area (Å²) in [6.07, 6.45) is -8.30. The SMILES string of the molecule is CCn1cc(-c2cccc(C(NC(=O)c3nccc(C(F)(F)F)c3Cl)C3(O)CCC(F)(F)CC3)c2)cn1.O=C(NC(c1cccc(Br)c1)C1(O)CCC(F)(F)CC1)c1nccc(C(F)(F)F)c1Cl. The van der Waals surface area contributed by atoms with Crippen LogP contribution in [0.1, 0.15) is 114 Å². The van der Waals surface area contributed by atoms with E-state index in [-0.39, 0.29) is 25.7 Å². The van der Waals surface area contributed by atoms with Crippen LogP contribution in [0.25, 0.3) is 11.1 Å². The number of carbonyl (C=O) groups is 2. The van der Waals surface area contributed by atoms with Crippen molar-refractivity contribution in [1.82, 2.24) is 30.4 Å². The van der Waals surface area contributed by atoms with E-state index in [1.165, 1.54) is 0 Å². The molecule has 2 atom stereocenters. The molecule has 3 aromatic heterocycles. The zero-order valence-electron chi connectivity index (χ0n) is 35.5. The van der Waals surface area contributed by atoms with E-state index >= 15 is 0 Å². The molecule has 0 radical (unpaired) electrons. The molecular weight excluding hydrogens is 1030 g/mol. The van der Waals surface area contributed by atoms with Gasteiger partial charge in [-0.2, -0.15) is 31.4 Å². The molecule has 0 saturated heterocycles. The quantitative estimate of drug-likeness (QED) is 0.102. The minimum Gasteiger partial charge on any atom is -0.387 e. The zero-order chi connectivity index (χ0) is 50.0. The van der Waals surface area contributed by atoms with Crippen LogP contribution in [0.3, 0.4) is 0 Å². The molecule has 2 aromatic carbocycles. The maximum Gasteiger partial charge on any atom is 0.417 e. The number of hydrogen-bond acceptors (Lipinski definition) is 7. The van der Waals surface area contributed by atoms with Crippen molar-refractivity contribution in [2.24, 2.45) is 0 Å². The normalized spacial score (nSPS) is 18.4. The summed E-state index contributed by atoms with van der Waals surface area (Å²) in [7, 11) is 0. The molecule has 0 aliphatic heterocycles. The van der Waals surface area contributed by atoms with Gasteiger partial charge < -0.3 is 20.8 Å². The minimum atomic E-state index is -4.82. The molecule has 5 aromatic rings. The van der Waals surface area contributed by atoms with Crippen molar-refractivity contribution in [2.45, 2.75) is 112 Å². The summed E-state index contributed by atoms with van der Waals surface area (Å²) in [5, 5.41) is 30.1. The summed E-state index contributed by atoms with van der Waals surface area (Å²) >= 11 is 14.9. The maximum atomic E-state index is 13.9. The highest BCUT2D eigenvalue weighted by atomic mass is 79.9. The standard InChI is InChI=1S/C25H24ClF5N4O2.C20H17BrClF5N2O2/c1-2-35-14-17(13-33-35)15-4-3-5-16(12-15)21(23(37)7-9-24(27,28)10-8-23)34-22(36)20-19(26)18(6-11-32-20)25(29,30)31;21-12-3-1-2-11(10-12)16(18(31)5-7-19(23,24)8-6-18)29-17(30)15-14(22)13(4-9-28-15)20(25,26)27/h3-6,11-14,21,37H,2,7-10H2,1H3,(H,34,36);1-4,9-10,16,31H,5-8H2,(H,29,30). The molecule has 2 saturated carbocycles. The number of nitrogens with one attached hydrogen (secondary N) is 2. The number of amides is 2. The first kappa shape index (κ1) is 52.5. The third-order valence-corrected chi connectivity index (χ3v) is 13.1. The molecular formula is C45H41BrCl2F10N6O4. The average molecular weight is 1070 g/mol. The van der Waals surface area contributed by atoms with Gasteiger partial charge in [0.2, 0.25) is 11.8 Å². The molecule has 2 amide bonds. The Morgan fingerprint density at radius 1 is 0.691 bits per heavy atom. The van der Waals surface area contributed by atoms with Gasteiger partial charge in [0.15, 0.2) is 0 Å². The predicted octanol–water partition coefficient (Wildman–Crippen LogP) is 12.0. The Balaban J connectivity index is 0.000000228. The summed E-state index contributed by atoms with van der Waals surface area (Å²) in [6, 6.07) is 12.1. The van der Waals surface area contributed by atoms with Crippen molar-refractivity contribution in [3.8, 4) is 11.1 Å². The smallest absolute Gasteiger partial charge is 0.387 e. The fraction of sp³-hybridized carbons (Fsp3) is 0.400. The zero-order valence-corrected chi connectivity index (χ0v) is 38.6. The van der Waals surface area contributed by atoms with Crippen molar-refractivity contribution in [3.05, 3.63) is 134 Å². The Kier molecular flexibility index (Phi) is 15.6. The van der Waals surface area contributed by atoms with Gasteiger partial charge in [-0.15, -0.1) is 0 Å². The number of aromatic nitrogens is 4. The predicted molar refractivity (Wildman–Crippen MR) is 233 cm³/mol. The Labute approximate surface area is 400 Å². The molecule has 7 rings (SSSR count). The molecule has 2 fully saturated rings. The van der Waals surface area contributed by atoms with Gasteiger partial charge in [-0.25, -0.2) is 27.5 Å². The molecule has 23 heteroatoms. The van der Waals surface area contributed by atoms with E-state index in [0.29, 0.717) is 39.8 Å². The van der Waals surface area contributed by atoms with E-state index in [9.17, 15) is 63.7 Å². The number of nitrogens with zero attached hydrogens (tertiary/aromatic N) is 4. The second kappa shape index (κ2) is 20.3. The number of hydrogen-bond donors (Lipinski definition) is 4. The lowest BCUT2D eigenvalue weighted by Crippen LogP contribution is -2.50. The fourth-order valence-corrected chi connectivity index (χ4v) is 9.07. The number of carbonyl (C=O) groups excluding carboxylic acids is 2. The molecule has 10 nitrogen and oxygen atoms in total. The number of aryl methyl sites for hydroxylation is 1. The van der Waals surface area contributed by atoms with E-state index in [0.717, 1.165) is 18.0 Å². The van der Waals surface area contributed by atoms with Gasteiger partial charge in [-0.05, 0) is 79.6 Å². The lowest BCUT2D eigenvalue weighted by atomic mass is 9.75. The number of halogens is 13. The summed E-state index contributed by atoms with van der Waals surface area (Å²) in [6.45, 7) is 2.55. The van der Waals surface area contributed by atoms with E-state index < -0.39 is 118 Å². The first-order valence-corrected chi connectivity index (χ1v) is 22.3. The van der Waals surface area contributed by atoms with Crippen LogP contribution in [0.15, 0.2) is 89.9 Å². The first-order chi connectivity index (χ1) is 31.7. The van der Waals surface area contributed by atoms with Crippen LogP contribution in [-0.4, -0.2) is 64.8 Å². The lowest BCUT2D eigenvalue weighted by molar-refractivity contribution is -0.138.